The van der Waals surface area contributed by atoms with E-state index >= 15 is 0 Å². The molecule has 0 aliphatic carbocycles. The van der Waals surface area contributed by atoms with Crippen LogP contribution in [0.15, 0.2) is 70.5 Å². The zero-order chi connectivity index (χ0) is 22.0. The third-order valence-electron chi connectivity index (χ3n) is 4.37. The van der Waals surface area contributed by atoms with E-state index in [1.807, 2.05) is 0 Å². The lowest BCUT2D eigenvalue weighted by Crippen LogP contribution is -2.27. The molecule has 2 aromatic heterocycles. The van der Waals surface area contributed by atoms with E-state index in [0.717, 1.165) is 0 Å². The fourth-order valence-electron chi connectivity index (χ4n) is 2.80. The molecule has 0 saturated heterocycles. The van der Waals surface area contributed by atoms with Gasteiger partial charge in [0.1, 0.15) is 5.69 Å². The van der Waals surface area contributed by atoms with Gasteiger partial charge in [0.15, 0.2) is 0 Å². The lowest BCUT2D eigenvalue weighted by Gasteiger charge is -2.06. The van der Waals surface area contributed by atoms with Crippen molar-refractivity contribution in [3.05, 3.63) is 103 Å². The van der Waals surface area contributed by atoms with Gasteiger partial charge >= 0.3 is 5.69 Å². The second kappa shape index (κ2) is 8.58. The average molecular weight is 457 g/mol. The Bertz CT molecular complexity index is 1370. The highest BCUT2D eigenvalue weighted by Gasteiger charge is 2.10. The Morgan fingerprint density at radius 1 is 1.00 bits per heavy atom. The van der Waals surface area contributed by atoms with Gasteiger partial charge in [-0.1, -0.05) is 28.4 Å². The van der Waals surface area contributed by atoms with Gasteiger partial charge in [0, 0.05) is 17.8 Å². The summed E-state index contributed by atoms with van der Waals surface area (Å²) in [6.07, 6.45) is 3.08. The van der Waals surface area contributed by atoms with Crippen molar-refractivity contribution >= 4 is 29.1 Å². The Labute approximate surface area is 184 Å². The van der Waals surface area contributed by atoms with Crippen molar-refractivity contribution < 1.29 is 4.79 Å². The van der Waals surface area contributed by atoms with Crippen molar-refractivity contribution in [1.29, 1.82) is 0 Å². The molecule has 1 amide bonds. The first kappa shape index (κ1) is 20.6. The van der Waals surface area contributed by atoms with Crippen LogP contribution in [0.2, 0.25) is 10.0 Å². The zero-order valence-corrected chi connectivity index (χ0v) is 17.3. The molecule has 2 heterocycles. The third kappa shape index (κ3) is 4.57. The van der Waals surface area contributed by atoms with Crippen LogP contribution in [0.3, 0.4) is 0 Å². The van der Waals surface area contributed by atoms with Gasteiger partial charge < -0.3 is 5.32 Å². The van der Waals surface area contributed by atoms with E-state index in [1.165, 1.54) is 22.9 Å². The predicted molar refractivity (Wildman–Crippen MR) is 115 cm³/mol. The second-order valence-corrected chi connectivity index (χ2v) is 7.28. The molecule has 2 N–H and O–H groups in total. The second-order valence-electron chi connectivity index (χ2n) is 6.46. The first-order valence-electron chi connectivity index (χ1n) is 8.98. The maximum Gasteiger partial charge on any atom is 0.332 e. The number of benzene rings is 2. The molecule has 4 aromatic rings. The number of halogens is 2. The van der Waals surface area contributed by atoms with E-state index in [0.29, 0.717) is 32.7 Å². The van der Waals surface area contributed by atoms with Crippen LogP contribution in [0.25, 0.3) is 11.4 Å². The van der Waals surface area contributed by atoms with Crippen LogP contribution < -0.4 is 16.6 Å². The fourth-order valence-corrected chi connectivity index (χ4v) is 3.10. The topological polar surface area (TPSA) is 115 Å². The lowest BCUT2D eigenvalue weighted by molar-refractivity contribution is 0.0950. The lowest BCUT2D eigenvalue weighted by atomic mass is 10.2. The summed E-state index contributed by atoms with van der Waals surface area (Å²) in [5, 5.41) is 11.5. The quantitative estimate of drug-likeness (QED) is 0.478. The Balaban J connectivity index is 1.44. The highest BCUT2D eigenvalue weighted by molar-refractivity contribution is 6.42. The van der Waals surface area contributed by atoms with Crippen LogP contribution in [0.4, 0.5) is 0 Å². The molecular weight excluding hydrogens is 443 g/mol. The monoisotopic (exact) mass is 456 g/mol. The van der Waals surface area contributed by atoms with Crippen molar-refractivity contribution in [3.63, 3.8) is 0 Å². The van der Waals surface area contributed by atoms with E-state index in [2.05, 4.69) is 20.6 Å². The molecule has 2 aromatic carbocycles. The number of hydrogen-bond acceptors (Lipinski definition) is 5. The molecule has 0 bridgehead atoms. The Kier molecular flexibility index (Phi) is 5.70. The van der Waals surface area contributed by atoms with E-state index in [4.69, 9.17) is 23.2 Å². The molecule has 0 radical (unpaired) electrons. The molecule has 31 heavy (non-hydrogen) atoms. The molecule has 0 spiro atoms. The van der Waals surface area contributed by atoms with Gasteiger partial charge in [-0.05, 0) is 42.5 Å². The molecule has 0 unspecified atom stereocenters. The van der Waals surface area contributed by atoms with Gasteiger partial charge in [0.25, 0.3) is 11.5 Å². The molecular formula is C20H14Cl2N6O3. The summed E-state index contributed by atoms with van der Waals surface area (Å²) >= 11 is 11.8. The van der Waals surface area contributed by atoms with Crippen molar-refractivity contribution in [2.45, 2.75) is 6.54 Å². The highest BCUT2D eigenvalue weighted by Crippen LogP contribution is 2.22. The summed E-state index contributed by atoms with van der Waals surface area (Å²) in [6.45, 7) is 0.171. The number of carbonyl (C=O) groups excluding carboxylic acids is 1. The van der Waals surface area contributed by atoms with E-state index in [1.54, 1.807) is 47.3 Å². The molecule has 4 rings (SSSR count). The summed E-state index contributed by atoms with van der Waals surface area (Å²) in [5.41, 5.74) is 1.24. The van der Waals surface area contributed by atoms with Gasteiger partial charge in [-0.15, -0.1) is 5.10 Å². The van der Waals surface area contributed by atoms with E-state index in [-0.39, 0.29) is 12.5 Å². The normalized spacial score (nSPS) is 10.8. The van der Waals surface area contributed by atoms with Crippen molar-refractivity contribution in [2.24, 2.45) is 0 Å². The fraction of sp³-hybridized carbons (Fsp3) is 0.0500. The molecule has 156 valence electrons. The Morgan fingerprint density at radius 2 is 1.74 bits per heavy atom. The van der Waals surface area contributed by atoms with Crippen molar-refractivity contribution in [3.8, 4) is 11.4 Å². The van der Waals surface area contributed by atoms with E-state index < -0.39 is 11.2 Å². The SMILES string of the molecule is O=C(NCc1cn(-c2ccc(-n3ccc(=O)[nH]c3=O)cc2)nn1)c1ccc(Cl)c(Cl)c1. The zero-order valence-electron chi connectivity index (χ0n) is 15.8. The number of carbonyl (C=O) groups is 1. The number of aromatic nitrogens is 5. The summed E-state index contributed by atoms with van der Waals surface area (Å²) < 4.78 is 2.86. The smallest absolute Gasteiger partial charge is 0.332 e. The van der Waals surface area contributed by atoms with E-state index in [9.17, 15) is 14.4 Å². The first-order valence-corrected chi connectivity index (χ1v) is 9.73. The average Bonchev–Trinajstić information content (AvgIpc) is 3.23. The molecule has 0 aliphatic rings. The molecule has 9 nitrogen and oxygen atoms in total. The van der Waals surface area contributed by atoms with Crippen LogP contribution in [-0.2, 0) is 6.54 Å². The number of nitrogens with one attached hydrogen (secondary N) is 2. The maximum atomic E-state index is 12.3. The molecule has 11 heteroatoms. The minimum atomic E-state index is -0.527. The predicted octanol–water partition coefficient (Wildman–Crippen LogP) is 2.34. The standard InChI is InChI=1S/C20H14Cl2N6O3/c21-16-6-1-12(9-17(16)22)19(30)23-10-13-11-28(26-25-13)15-4-2-14(3-5-15)27-8-7-18(29)24-20(27)31/h1-9,11H,10H2,(H,23,30)(H,24,29,31). The summed E-state index contributed by atoms with van der Waals surface area (Å²) in [7, 11) is 0. The molecule has 0 saturated carbocycles. The molecule has 0 fully saturated rings. The minimum Gasteiger partial charge on any atom is -0.346 e. The van der Waals surface area contributed by atoms with Gasteiger partial charge in [-0.25, -0.2) is 9.48 Å². The third-order valence-corrected chi connectivity index (χ3v) is 5.11. The number of rotatable bonds is 5. The molecule has 0 aliphatic heterocycles. The summed E-state index contributed by atoms with van der Waals surface area (Å²) in [6, 6.07) is 12.8. The largest absolute Gasteiger partial charge is 0.346 e. The maximum absolute atomic E-state index is 12.3. The minimum absolute atomic E-state index is 0.171. The number of nitrogens with zero attached hydrogens (tertiary/aromatic N) is 4. The van der Waals surface area contributed by atoms with Crippen molar-refractivity contribution in [2.75, 3.05) is 0 Å². The number of aromatic amines is 1. The van der Waals surface area contributed by atoms with Crippen LogP contribution in [0.5, 0.6) is 0 Å². The summed E-state index contributed by atoms with van der Waals surface area (Å²) in [5.74, 6) is -0.316. The van der Waals surface area contributed by atoms with Crippen LogP contribution in [0.1, 0.15) is 16.1 Å². The number of amides is 1. The van der Waals surface area contributed by atoms with Gasteiger partial charge in [0.05, 0.1) is 34.2 Å². The van der Waals surface area contributed by atoms with Gasteiger partial charge in [0.2, 0.25) is 0 Å². The summed E-state index contributed by atoms with van der Waals surface area (Å²) in [4.78, 5) is 37.6. The number of hydrogen-bond donors (Lipinski definition) is 2. The molecule has 0 atom stereocenters. The highest BCUT2D eigenvalue weighted by atomic mass is 35.5. The van der Waals surface area contributed by atoms with Crippen LogP contribution in [0, 0.1) is 0 Å². The van der Waals surface area contributed by atoms with Crippen molar-refractivity contribution in [1.82, 2.24) is 29.9 Å². The van der Waals surface area contributed by atoms with Gasteiger partial charge in [-0.2, -0.15) is 0 Å². The number of H-pyrrole nitrogens is 1. The first-order chi connectivity index (χ1) is 14.9. The van der Waals surface area contributed by atoms with Crippen LogP contribution in [-0.4, -0.2) is 30.5 Å². The Hall–Kier alpha value is -3.69. The Morgan fingerprint density at radius 3 is 2.45 bits per heavy atom. The van der Waals surface area contributed by atoms with Gasteiger partial charge in [-0.3, -0.25) is 19.1 Å². The van der Waals surface area contributed by atoms with Crippen LogP contribution >= 0.6 is 23.2 Å².